The average Bonchev–Trinajstić information content (AvgIpc) is 2.99. The van der Waals surface area contributed by atoms with Crippen LogP contribution in [-0.4, -0.2) is 26.6 Å². The number of anilines is 1. The van der Waals surface area contributed by atoms with Crippen LogP contribution >= 0.6 is 23.6 Å². The highest BCUT2D eigenvalue weighted by atomic mass is 32.1. The van der Waals surface area contributed by atoms with Crippen molar-refractivity contribution in [2.75, 3.05) is 11.4 Å². The van der Waals surface area contributed by atoms with Crippen LogP contribution in [0.5, 0.6) is 0 Å². The van der Waals surface area contributed by atoms with Crippen LogP contribution in [0.15, 0.2) is 66.8 Å². The van der Waals surface area contributed by atoms with Gasteiger partial charge in [-0.3, -0.25) is 14.2 Å². The Bertz CT molecular complexity index is 1110. The van der Waals surface area contributed by atoms with Crippen LogP contribution in [0.3, 0.4) is 0 Å². The number of rotatable bonds is 7. The Balaban J connectivity index is 1.96. The molecule has 8 heteroatoms. The monoisotopic (exact) mass is 398 g/mol. The van der Waals surface area contributed by atoms with Crippen LogP contribution in [0.1, 0.15) is 0 Å². The molecule has 3 aromatic rings. The number of allylic oxidation sites excluding steroid dienone is 1. The molecule has 0 aliphatic carbocycles. The van der Waals surface area contributed by atoms with Gasteiger partial charge in [0.25, 0.3) is 5.56 Å². The Morgan fingerprint density at radius 3 is 2.67 bits per heavy atom. The second-order valence-corrected chi connectivity index (χ2v) is 7.37. The molecule has 1 aromatic carbocycles. The first-order valence-corrected chi connectivity index (χ1v) is 9.45. The van der Waals surface area contributed by atoms with E-state index in [1.54, 1.807) is 21.6 Å². The molecular weight excluding hydrogens is 380 g/mol. The van der Waals surface area contributed by atoms with E-state index in [1.165, 1.54) is 22.2 Å². The fourth-order valence-electron chi connectivity index (χ4n) is 2.69. The molecule has 2 heterocycles. The number of fused-ring (bicyclic) bond motifs is 1. The summed E-state index contributed by atoms with van der Waals surface area (Å²) in [7, 11) is 0. The molecule has 0 N–H and O–H groups in total. The normalized spacial score (nSPS) is 10.7. The highest BCUT2D eigenvalue weighted by molar-refractivity contribution is 7.73. The van der Waals surface area contributed by atoms with Crippen molar-refractivity contribution < 1.29 is 4.79 Å². The van der Waals surface area contributed by atoms with Gasteiger partial charge in [-0.2, -0.15) is 0 Å². The van der Waals surface area contributed by atoms with E-state index in [9.17, 15) is 9.59 Å². The largest absolute Gasteiger partial charge is 0.307 e. The van der Waals surface area contributed by atoms with Gasteiger partial charge in [0, 0.05) is 18.8 Å². The molecule has 0 saturated carbocycles. The van der Waals surface area contributed by atoms with Crippen LogP contribution in [0.4, 0.5) is 5.69 Å². The molecule has 3 rings (SSSR count). The summed E-state index contributed by atoms with van der Waals surface area (Å²) in [6, 6.07) is 9.27. The predicted octanol–water partition coefficient (Wildman–Crippen LogP) is 3.39. The van der Waals surface area contributed by atoms with Gasteiger partial charge in [0.1, 0.15) is 17.6 Å². The molecule has 0 spiro atoms. The van der Waals surface area contributed by atoms with Crippen LogP contribution in [0.2, 0.25) is 0 Å². The summed E-state index contributed by atoms with van der Waals surface area (Å²) in [5, 5.41) is 0. The molecular formula is C19H18N4O2S2. The van der Waals surface area contributed by atoms with Gasteiger partial charge in [-0.1, -0.05) is 41.7 Å². The predicted molar refractivity (Wildman–Crippen MR) is 112 cm³/mol. The first kappa shape index (κ1) is 18.9. The smallest absolute Gasteiger partial charge is 0.273 e. The summed E-state index contributed by atoms with van der Waals surface area (Å²) in [5.41, 5.74) is 0.987. The number of carbonyl (C=O) groups excluding carboxylic acids is 1. The van der Waals surface area contributed by atoms with Crippen molar-refractivity contribution >= 4 is 45.5 Å². The highest BCUT2D eigenvalue weighted by Gasteiger charge is 2.17. The SMILES string of the molecule is C=CCN(C(=O)Cn1cnc2c(sc(=S)n2CC=C)c1=O)c1ccccc1. The minimum Gasteiger partial charge on any atom is -0.307 e. The zero-order valence-corrected chi connectivity index (χ0v) is 16.2. The van der Waals surface area contributed by atoms with E-state index in [1.807, 2.05) is 30.3 Å². The van der Waals surface area contributed by atoms with E-state index in [4.69, 9.17) is 12.2 Å². The summed E-state index contributed by atoms with van der Waals surface area (Å²) in [5.74, 6) is -0.224. The standard InChI is InChI=1S/C19H18N4O2S2/c1-3-10-22(14-8-6-5-7-9-14)15(24)12-21-13-20-17-16(18(21)25)27-19(26)23(17)11-4-2/h3-9,13H,1-2,10-12H2. The van der Waals surface area contributed by atoms with Crippen molar-refractivity contribution in [1.82, 2.24) is 14.1 Å². The zero-order valence-electron chi connectivity index (χ0n) is 14.6. The molecule has 6 nitrogen and oxygen atoms in total. The van der Waals surface area contributed by atoms with E-state index in [0.29, 0.717) is 27.4 Å². The second kappa shape index (κ2) is 8.24. The van der Waals surface area contributed by atoms with Gasteiger partial charge in [-0.05, 0) is 24.4 Å². The number of thiazole rings is 1. The van der Waals surface area contributed by atoms with E-state index < -0.39 is 0 Å². The molecule has 27 heavy (non-hydrogen) atoms. The minimum atomic E-state index is -0.279. The van der Waals surface area contributed by atoms with Crippen molar-refractivity contribution in [3.63, 3.8) is 0 Å². The molecule has 138 valence electrons. The van der Waals surface area contributed by atoms with Crippen molar-refractivity contribution in [1.29, 1.82) is 0 Å². The fraction of sp³-hybridized carbons (Fsp3) is 0.158. The van der Waals surface area contributed by atoms with Gasteiger partial charge in [0.05, 0.1) is 0 Å². The molecule has 0 saturated heterocycles. The summed E-state index contributed by atoms with van der Waals surface area (Å²) in [6.07, 6.45) is 4.74. The first-order valence-electron chi connectivity index (χ1n) is 8.22. The van der Waals surface area contributed by atoms with E-state index in [-0.39, 0.29) is 18.0 Å². The molecule has 0 bridgehead atoms. The third kappa shape index (κ3) is 3.81. The molecule has 0 aliphatic heterocycles. The molecule has 1 amide bonds. The van der Waals surface area contributed by atoms with Crippen LogP contribution < -0.4 is 10.5 Å². The van der Waals surface area contributed by atoms with Crippen molar-refractivity contribution in [2.24, 2.45) is 0 Å². The topological polar surface area (TPSA) is 60.1 Å². The van der Waals surface area contributed by atoms with E-state index in [0.717, 1.165) is 5.69 Å². The van der Waals surface area contributed by atoms with Gasteiger partial charge in [0.15, 0.2) is 9.60 Å². The lowest BCUT2D eigenvalue weighted by Gasteiger charge is -2.21. The zero-order chi connectivity index (χ0) is 19.4. The Morgan fingerprint density at radius 2 is 2.00 bits per heavy atom. The number of amides is 1. The van der Waals surface area contributed by atoms with Gasteiger partial charge < -0.3 is 9.47 Å². The second-order valence-electron chi connectivity index (χ2n) is 5.73. The fourth-order valence-corrected chi connectivity index (χ4v) is 4.01. The lowest BCUT2D eigenvalue weighted by molar-refractivity contribution is -0.119. The molecule has 0 unspecified atom stereocenters. The van der Waals surface area contributed by atoms with Crippen molar-refractivity contribution in [3.8, 4) is 0 Å². The molecule has 0 aliphatic rings. The highest BCUT2D eigenvalue weighted by Crippen LogP contribution is 2.18. The summed E-state index contributed by atoms with van der Waals surface area (Å²) in [6.45, 7) is 8.12. The van der Waals surface area contributed by atoms with E-state index in [2.05, 4.69) is 18.1 Å². The number of aromatic nitrogens is 3. The summed E-state index contributed by atoms with van der Waals surface area (Å²) >= 11 is 6.50. The van der Waals surface area contributed by atoms with Crippen LogP contribution in [0.25, 0.3) is 10.3 Å². The van der Waals surface area contributed by atoms with Crippen LogP contribution in [0, 0.1) is 3.95 Å². The molecule has 0 atom stereocenters. The minimum absolute atomic E-state index is 0.114. The average molecular weight is 399 g/mol. The van der Waals surface area contributed by atoms with Crippen LogP contribution in [-0.2, 0) is 17.9 Å². The van der Waals surface area contributed by atoms with Gasteiger partial charge in [-0.25, -0.2) is 4.98 Å². The number of benzene rings is 1. The quantitative estimate of drug-likeness (QED) is 0.452. The molecule has 0 radical (unpaired) electrons. The van der Waals surface area contributed by atoms with Gasteiger partial charge in [0.2, 0.25) is 5.91 Å². The summed E-state index contributed by atoms with van der Waals surface area (Å²) < 4.78 is 4.06. The lowest BCUT2D eigenvalue weighted by atomic mass is 10.2. The lowest BCUT2D eigenvalue weighted by Crippen LogP contribution is -2.36. The van der Waals surface area contributed by atoms with Crippen molar-refractivity contribution in [3.05, 3.63) is 76.3 Å². The summed E-state index contributed by atoms with van der Waals surface area (Å²) in [4.78, 5) is 31.6. The maximum atomic E-state index is 12.8. The van der Waals surface area contributed by atoms with Gasteiger partial charge >= 0.3 is 0 Å². The Labute approximate surface area is 165 Å². The van der Waals surface area contributed by atoms with Gasteiger partial charge in [-0.15, -0.1) is 13.2 Å². The number of nitrogens with zero attached hydrogens (tertiary/aromatic N) is 4. The first-order chi connectivity index (χ1) is 13.1. The molecule has 2 aromatic heterocycles. The van der Waals surface area contributed by atoms with Crippen molar-refractivity contribution in [2.45, 2.75) is 13.1 Å². The third-order valence-corrected chi connectivity index (χ3v) is 5.37. The third-order valence-electron chi connectivity index (χ3n) is 3.94. The van der Waals surface area contributed by atoms with E-state index >= 15 is 0 Å². The number of hydrogen-bond donors (Lipinski definition) is 0. The molecule has 0 fully saturated rings. The Kier molecular flexibility index (Phi) is 5.78. The Morgan fingerprint density at radius 1 is 1.26 bits per heavy atom. The number of carbonyl (C=O) groups is 1. The number of para-hydroxylation sites is 1. The number of hydrogen-bond acceptors (Lipinski definition) is 5. The maximum absolute atomic E-state index is 12.8. The maximum Gasteiger partial charge on any atom is 0.273 e. The Hall–Kier alpha value is -2.84.